The molecule has 0 saturated carbocycles. The van der Waals surface area contributed by atoms with Crippen LogP contribution in [-0.4, -0.2) is 4.05 Å². The van der Waals surface area contributed by atoms with Gasteiger partial charge in [0.2, 0.25) is 0 Å². The van der Waals surface area contributed by atoms with Crippen molar-refractivity contribution in [3.8, 4) is 0 Å². The molecule has 0 saturated heterocycles. The van der Waals surface area contributed by atoms with Crippen molar-refractivity contribution in [1.29, 1.82) is 0 Å². The quantitative estimate of drug-likeness (QED) is 0.192. The van der Waals surface area contributed by atoms with Crippen LogP contribution in [0.25, 0.3) is 0 Å². The van der Waals surface area contributed by atoms with Gasteiger partial charge < -0.3 is 29.7 Å². The number of halogens is 3. The van der Waals surface area contributed by atoms with Gasteiger partial charge in [0.1, 0.15) is 0 Å². The number of hydrogen-bond acceptors (Lipinski definition) is 1. The van der Waals surface area contributed by atoms with E-state index in [1.165, 1.54) is 22.5 Å². The molecule has 122 valence electrons. The second-order valence-corrected chi connectivity index (χ2v) is 6.20. The van der Waals surface area contributed by atoms with Crippen LogP contribution in [0.5, 0.6) is 0 Å². The fourth-order valence-corrected chi connectivity index (χ4v) is 3.42. The van der Waals surface area contributed by atoms with Gasteiger partial charge in [-0.2, -0.15) is 23.8 Å². The number of benzene rings is 1. The Morgan fingerprint density at radius 2 is 1.83 bits per heavy atom. The molecule has 1 unspecified atom stereocenters. The summed E-state index contributed by atoms with van der Waals surface area (Å²) in [5.74, 6) is 0. The Balaban J connectivity index is 0.000000578. The summed E-state index contributed by atoms with van der Waals surface area (Å²) >= 11 is 2.42. The Labute approximate surface area is 189 Å². The summed E-state index contributed by atoms with van der Waals surface area (Å²) in [5, 5.41) is 0. The average Bonchev–Trinajstić information content (AvgIpc) is 3.18. The zero-order valence-corrected chi connectivity index (χ0v) is 19.3. The minimum atomic E-state index is 0. The van der Waals surface area contributed by atoms with Crippen LogP contribution >= 0.6 is 22.6 Å². The van der Waals surface area contributed by atoms with Gasteiger partial charge in [0.25, 0.3) is 0 Å². The molecule has 0 bridgehead atoms. The molecule has 0 N–H and O–H groups in total. The topological polar surface area (TPSA) is 3.24 Å². The van der Waals surface area contributed by atoms with Crippen LogP contribution < -0.4 is 29.7 Å². The normalized spacial score (nSPS) is 18.8. The third-order valence-electron chi connectivity index (χ3n) is 3.39. The van der Waals surface area contributed by atoms with E-state index in [1.807, 2.05) is 18.2 Å². The number of rotatable bonds is 1. The van der Waals surface area contributed by atoms with Crippen molar-refractivity contribution in [3.05, 3.63) is 89.7 Å². The SMILES string of the molecule is CC1=CC2=[C-]C(I)N(c3ccccc3)C2=C1.[C-]1=CC=CC1.[Cl-].[Cl-].[Zr+4]. The second-order valence-electron chi connectivity index (χ2n) is 5.02. The van der Waals surface area contributed by atoms with Gasteiger partial charge in [-0.25, -0.2) is 12.2 Å². The second kappa shape index (κ2) is 11.5. The predicted octanol–water partition coefficient (Wildman–Crippen LogP) is -0.848. The van der Waals surface area contributed by atoms with E-state index in [2.05, 4.69) is 89.1 Å². The molecular weight excluding hydrogens is 531 g/mol. The van der Waals surface area contributed by atoms with Gasteiger partial charge >= 0.3 is 26.2 Å². The largest absolute Gasteiger partial charge is 4.00 e. The minimum Gasteiger partial charge on any atom is -1.00 e. The summed E-state index contributed by atoms with van der Waals surface area (Å²) in [6.07, 6.45) is 17.9. The Morgan fingerprint density at radius 3 is 2.38 bits per heavy atom. The third kappa shape index (κ3) is 5.73. The minimum absolute atomic E-state index is 0. The van der Waals surface area contributed by atoms with E-state index in [1.54, 1.807) is 0 Å². The first-order chi connectivity index (χ1) is 10.3. The van der Waals surface area contributed by atoms with Gasteiger partial charge in [-0.3, -0.25) is 6.08 Å². The van der Waals surface area contributed by atoms with E-state index in [9.17, 15) is 0 Å². The Hall–Kier alpha value is -0.0869. The Kier molecular flexibility index (Phi) is 11.5. The van der Waals surface area contributed by atoms with Crippen molar-refractivity contribution in [2.24, 2.45) is 0 Å². The maximum atomic E-state index is 3.48. The Bertz CT molecular complexity index is 668. The summed E-state index contributed by atoms with van der Waals surface area (Å²) < 4.78 is 0.297. The summed E-state index contributed by atoms with van der Waals surface area (Å²) in [6, 6.07) is 10.5. The molecule has 0 aromatic heterocycles. The third-order valence-corrected chi connectivity index (χ3v) is 4.26. The number of fused-ring (bicyclic) bond motifs is 1. The summed E-state index contributed by atoms with van der Waals surface area (Å²) in [6.45, 7) is 2.13. The molecule has 0 amide bonds. The summed E-state index contributed by atoms with van der Waals surface area (Å²) in [4.78, 5) is 2.32. The zero-order chi connectivity index (χ0) is 14.7. The number of anilines is 1. The van der Waals surface area contributed by atoms with Gasteiger partial charge in [0.05, 0.1) is 0 Å². The predicted molar refractivity (Wildman–Crippen MR) is 96.9 cm³/mol. The van der Waals surface area contributed by atoms with Gasteiger partial charge in [0, 0.05) is 9.74 Å². The maximum Gasteiger partial charge on any atom is 4.00 e. The van der Waals surface area contributed by atoms with Crippen LogP contribution in [0, 0.1) is 12.2 Å². The van der Waals surface area contributed by atoms with Gasteiger partial charge in [-0.1, -0.05) is 53.4 Å². The molecule has 0 spiro atoms. The van der Waals surface area contributed by atoms with E-state index in [0.29, 0.717) is 4.05 Å². The molecule has 1 atom stereocenters. The molecule has 24 heavy (non-hydrogen) atoms. The van der Waals surface area contributed by atoms with Crippen molar-refractivity contribution in [1.82, 2.24) is 0 Å². The number of hydrogen-bond donors (Lipinski definition) is 0. The molecule has 2 aliphatic carbocycles. The van der Waals surface area contributed by atoms with Crippen LogP contribution in [0.4, 0.5) is 5.69 Å². The van der Waals surface area contributed by atoms with Gasteiger partial charge in [-0.15, -0.1) is 18.1 Å². The first kappa shape index (κ1) is 23.9. The van der Waals surface area contributed by atoms with Crippen molar-refractivity contribution in [3.63, 3.8) is 0 Å². The zero-order valence-electron chi connectivity index (χ0n) is 13.1. The number of nitrogens with zero attached hydrogens (tertiary/aromatic N) is 1. The summed E-state index contributed by atoms with van der Waals surface area (Å²) in [7, 11) is 0. The molecule has 1 nitrogen and oxygen atoms in total. The van der Waals surface area contributed by atoms with Crippen molar-refractivity contribution in [2.75, 3.05) is 4.90 Å². The maximum absolute atomic E-state index is 3.48. The van der Waals surface area contributed by atoms with Crippen LogP contribution in [0.3, 0.4) is 0 Å². The van der Waals surface area contributed by atoms with E-state index >= 15 is 0 Å². The smallest absolute Gasteiger partial charge is 1.00 e. The molecule has 3 aliphatic rings. The van der Waals surface area contributed by atoms with Crippen LogP contribution in [0.15, 0.2) is 77.6 Å². The first-order valence-corrected chi connectivity index (χ1v) is 8.24. The van der Waals surface area contributed by atoms with Crippen LogP contribution in [-0.2, 0) is 26.2 Å². The molecule has 0 radical (unpaired) electrons. The Morgan fingerprint density at radius 1 is 1.12 bits per heavy atom. The molecule has 1 heterocycles. The van der Waals surface area contributed by atoms with Crippen LogP contribution in [0.2, 0.25) is 0 Å². The molecule has 1 aromatic carbocycles. The monoisotopic (exact) mass is 545 g/mol. The van der Waals surface area contributed by atoms with E-state index in [0.717, 1.165) is 6.42 Å². The van der Waals surface area contributed by atoms with Crippen molar-refractivity contribution in [2.45, 2.75) is 17.4 Å². The molecule has 1 aromatic rings. The number of alkyl halides is 1. The van der Waals surface area contributed by atoms with E-state index < -0.39 is 0 Å². The van der Waals surface area contributed by atoms with E-state index in [4.69, 9.17) is 0 Å². The molecule has 5 heteroatoms. The molecular formula is C19H16Cl2INZr. The van der Waals surface area contributed by atoms with Gasteiger partial charge in [0.15, 0.2) is 0 Å². The fraction of sp³-hybridized carbons (Fsp3) is 0.158. The molecule has 0 fully saturated rings. The standard InChI is InChI=1S/C14H11IN.C5H5.2ClH.Zr/c1-10-7-11-9-14(15)16(13(11)8-10)12-5-3-2-4-6-12;1-2-4-5-3-1;;;/h2-8,14H,1H3;1-3H,4H2;2*1H;/q2*-1;;;+4/p-2. The number of allylic oxidation sites excluding steroid dienone is 7. The van der Waals surface area contributed by atoms with Crippen LogP contribution in [0.1, 0.15) is 13.3 Å². The summed E-state index contributed by atoms with van der Waals surface area (Å²) in [5.41, 5.74) is 5.06. The fourth-order valence-electron chi connectivity index (χ4n) is 2.47. The molecule has 1 aliphatic heterocycles. The average molecular weight is 547 g/mol. The van der Waals surface area contributed by atoms with E-state index in [-0.39, 0.29) is 51.0 Å². The van der Waals surface area contributed by atoms with Crippen molar-refractivity contribution >= 4 is 28.3 Å². The molecule has 4 rings (SSSR count). The first-order valence-electron chi connectivity index (χ1n) is 6.99. The van der Waals surface area contributed by atoms with Gasteiger partial charge in [-0.05, 0) is 12.1 Å². The number of para-hydroxylation sites is 1. The van der Waals surface area contributed by atoms with Crippen molar-refractivity contribution < 1.29 is 51.0 Å².